The summed E-state index contributed by atoms with van der Waals surface area (Å²) < 4.78 is 31.8. The van der Waals surface area contributed by atoms with Gasteiger partial charge in [0, 0.05) is 22.1 Å². The lowest BCUT2D eigenvalue weighted by atomic mass is 9.78. The van der Waals surface area contributed by atoms with Gasteiger partial charge in [-0.25, -0.2) is 4.39 Å². The Hall–Kier alpha value is -2.07. The topological polar surface area (TPSA) is 51.5 Å². The Morgan fingerprint density at radius 2 is 1.78 bits per heavy atom. The van der Waals surface area contributed by atoms with Crippen molar-refractivity contribution < 1.29 is 18.4 Å². The van der Waals surface area contributed by atoms with Gasteiger partial charge in [0.05, 0.1) is 22.8 Å². The molecule has 140 valence electrons. The molecule has 1 aliphatic rings. The van der Waals surface area contributed by atoms with E-state index in [1.54, 1.807) is 24.3 Å². The highest BCUT2D eigenvalue weighted by molar-refractivity contribution is 6.63. The van der Waals surface area contributed by atoms with Crippen LogP contribution in [-0.2, 0) is 15.9 Å². The van der Waals surface area contributed by atoms with E-state index in [0.717, 1.165) is 0 Å². The van der Waals surface area contributed by atoms with Crippen LogP contribution in [0.3, 0.4) is 0 Å². The summed E-state index contributed by atoms with van der Waals surface area (Å²) >= 11 is 6.19. The summed E-state index contributed by atoms with van der Waals surface area (Å²) in [4.78, 5) is 0. The second kappa shape index (κ2) is 7.16. The first-order valence-electron chi connectivity index (χ1n) is 8.59. The van der Waals surface area contributed by atoms with Crippen molar-refractivity contribution in [2.75, 3.05) is 0 Å². The van der Waals surface area contributed by atoms with E-state index < -0.39 is 24.1 Å². The van der Waals surface area contributed by atoms with Gasteiger partial charge in [0.15, 0.2) is 0 Å². The van der Waals surface area contributed by atoms with Crippen LogP contribution in [-0.4, -0.2) is 18.3 Å². The van der Waals surface area contributed by atoms with E-state index in [9.17, 15) is 4.39 Å². The molecule has 0 aliphatic carbocycles. The lowest BCUT2D eigenvalue weighted by molar-refractivity contribution is 0.00578. The van der Waals surface area contributed by atoms with E-state index >= 15 is 0 Å². The van der Waals surface area contributed by atoms with Crippen molar-refractivity contribution in [3.05, 3.63) is 58.4 Å². The monoisotopic (exact) mass is 387 g/mol. The van der Waals surface area contributed by atoms with Crippen LogP contribution in [0, 0.1) is 17.1 Å². The SMILES string of the molecule is CC1(C)OB(c2ccc(F)cc2OCc2ccc(C#N)cc2Cl)OC1(C)C. The molecule has 0 radical (unpaired) electrons. The zero-order valence-corrected chi connectivity index (χ0v) is 16.4. The average Bonchev–Trinajstić information content (AvgIpc) is 2.81. The summed E-state index contributed by atoms with van der Waals surface area (Å²) in [6.45, 7) is 7.93. The summed E-state index contributed by atoms with van der Waals surface area (Å²) in [6.07, 6.45) is 0. The molecule has 4 nitrogen and oxygen atoms in total. The fraction of sp³-hybridized carbons (Fsp3) is 0.350. The number of rotatable bonds is 4. The fourth-order valence-corrected chi connectivity index (χ4v) is 2.92. The molecule has 0 amide bonds. The number of hydrogen-bond acceptors (Lipinski definition) is 4. The van der Waals surface area contributed by atoms with Gasteiger partial charge in [0.25, 0.3) is 0 Å². The maximum absolute atomic E-state index is 13.8. The van der Waals surface area contributed by atoms with Gasteiger partial charge < -0.3 is 14.0 Å². The van der Waals surface area contributed by atoms with Crippen molar-refractivity contribution in [3.63, 3.8) is 0 Å². The number of nitriles is 1. The molecule has 0 aromatic heterocycles. The standard InChI is InChI=1S/C20H20BClFNO3/c1-19(2)20(3,4)27-21(26-19)16-8-7-15(23)10-18(16)25-12-14-6-5-13(11-24)9-17(14)22/h5-10H,12H2,1-4H3. The third kappa shape index (κ3) is 3.96. The molecule has 7 heteroatoms. The van der Waals surface area contributed by atoms with E-state index in [2.05, 4.69) is 0 Å². The Kier molecular flexibility index (Phi) is 5.22. The Labute approximate surface area is 163 Å². The van der Waals surface area contributed by atoms with Crippen LogP contribution in [0.25, 0.3) is 0 Å². The van der Waals surface area contributed by atoms with Crippen LogP contribution in [0.4, 0.5) is 4.39 Å². The zero-order valence-electron chi connectivity index (χ0n) is 15.7. The normalized spacial score (nSPS) is 17.6. The second-order valence-electron chi connectivity index (χ2n) is 7.48. The second-order valence-corrected chi connectivity index (χ2v) is 7.88. The molecule has 0 unspecified atom stereocenters. The predicted molar refractivity (Wildman–Crippen MR) is 103 cm³/mol. The molecule has 1 saturated heterocycles. The van der Waals surface area contributed by atoms with E-state index in [-0.39, 0.29) is 6.61 Å². The minimum atomic E-state index is -0.665. The molecule has 27 heavy (non-hydrogen) atoms. The first-order valence-corrected chi connectivity index (χ1v) is 8.97. The molecule has 0 atom stereocenters. The van der Waals surface area contributed by atoms with E-state index in [1.807, 2.05) is 33.8 Å². The van der Waals surface area contributed by atoms with Gasteiger partial charge in [0.2, 0.25) is 0 Å². The summed E-state index contributed by atoms with van der Waals surface area (Å²) in [7, 11) is -0.665. The van der Waals surface area contributed by atoms with Gasteiger partial charge in [0.1, 0.15) is 18.2 Å². The van der Waals surface area contributed by atoms with Crippen LogP contribution in [0.5, 0.6) is 5.75 Å². The molecule has 2 aromatic carbocycles. The molecular weight excluding hydrogens is 367 g/mol. The van der Waals surface area contributed by atoms with Crippen LogP contribution in [0.2, 0.25) is 5.02 Å². The largest absolute Gasteiger partial charge is 0.498 e. The lowest BCUT2D eigenvalue weighted by Gasteiger charge is -2.32. The molecule has 3 rings (SSSR count). The van der Waals surface area contributed by atoms with Gasteiger partial charge in [-0.15, -0.1) is 0 Å². The van der Waals surface area contributed by atoms with Gasteiger partial charge in [-0.05, 0) is 45.9 Å². The fourth-order valence-electron chi connectivity index (χ4n) is 2.69. The third-order valence-corrected chi connectivity index (χ3v) is 5.40. The maximum atomic E-state index is 13.8. The van der Waals surface area contributed by atoms with Gasteiger partial charge in [-0.3, -0.25) is 0 Å². The van der Waals surface area contributed by atoms with Crippen molar-refractivity contribution in [3.8, 4) is 11.8 Å². The number of nitrogens with zero attached hydrogens (tertiary/aromatic N) is 1. The van der Waals surface area contributed by atoms with E-state index in [0.29, 0.717) is 27.4 Å². The molecule has 1 fully saturated rings. The van der Waals surface area contributed by atoms with Crippen molar-refractivity contribution >= 4 is 24.2 Å². The first kappa shape index (κ1) is 19.7. The summed E-state index contributed by atoms with van der Waals surface area (Å²) in [6, 6.07) is 11.2. The summed E-state index contributed by atoms with van der Waals surface area (Å²) in [5.41, 5.74) is 0.742. The molecule has 0 bridgehead atoms. The van der Waals surface area contributed by atoms with Crippen LogP contribution in [0.1, 0.15) is 38.8 Å². The third-order valence-electron chi connectivity index (χ3n) is 5.05. The molecular formula is C20H20BClFNO3. The maximum Gasteiger partial charge on any atom is 0.498 e. The Morgan fingerprint density at radius 1 is 1.11 bits per heavy atom. The lowest BCUT2D eigenvalue weighted by Crippen LogP contribution is -2.41. The van der Waals surface area contributed by atoms with E-state index in [1.165, 1.54) is 12.1 Å². The molecule has 1 aliphatic heterocycles. The van der Waals surface area contributed by atoms with Crippen LogP contribution >= 0.6 is 11.6 Å². The number of halogens is 2. The Balaban J connectivity index is 1.85. The zero-order chi connectivity index (χ0) is 19.8. The van der Waals surface area contributed by atoms with Crippen molar-refractivity contribution in [1.82, 2.24) is 0 Å². The average molecular weight is 388 g/mol. The van der Waals surface area contributed by atoms with Crippen molar-refractivity contribution in [2.24, 2.45) is 0 Å². The smallest absolute Gasteiger partial charge is 0.489 e. The van der Waals surface area contributed by atoms with Crippen molar-refractivity contribution in [1.29, 1.82) is 5.26 Å². The number of ether oxygens (including phenoxy) is 1. The van der Waals surface area contributed by atoms with Crippen LogP contribution < -0.4 is 10.2 Å². The van der Waals surface area contributed by atoms with Crippen molar-refractivity contribution in [2.45, 2.75) is 45.5 Å². The number of hydrogen-bond donors (Lipinski definition) is 0. The van der Waals surface area contributed by atoms with Gasteiger partial charge in [-0.1, -0.05) is 23.7 Å². The molecule has 0 spiro atoms. The molecule has 2 aromatic rings. The summed E-state index contributed by atoms with van der Waals surface area (Å²) in [5.74, 6) is -0.0925. The minimum Gasteiger partial charge on any atom is -0.489 e. The highest BCUT2D eigenvalue weighted by atomic mass is 35.5. The molecule has 0 saturated carbocycles. The number of benzene rings is 2. The minimum absolute atomic E-state index is 0.125. The quantitative estimate of drug-likeness (QED) is 0.737. The first-order chi connectivity index (χ1) is 12.6. The van der Waals surface area contributed by atoms with Gasteiger partial charge in [-0.2, -0.15) is 5.26 Å². The Morgan fingerprint density at radius 3 is 2.37 bits per heavy atom. The highest BCUT2D eigenvalue weighted by Crippen LogP contribution is 2.37. The highest BCUT2D eigenvalue weighted by Gasteiger charge is 2.52. The van der Waals surface area contributed by atoms with Gasteiger partial charge >= 0.3 is 7.12 Å². The van der Waals surface area contributed by atoms with E-state index in [4.69, 9.17) is 30.9 Å². The predicted octanol–water partition coefficient (Wildman–Crippen LogP) is 4.23. The molecule has 0 N–H and O–H groups in total. The molecule has 1 heterocycles. The summed E-state index contributed by atoms with van der Waals surface area (Å²) in [5, 5.41) is 9.34. The van der Waals surface area contributed by atoms with Crippen LogP contribution in [0.15, 0.2) is 36.4 Å². The Bertz CT molecular complexity index is 895.